The molecule has 0 saturated heterocycles. The summed E-state index contributed by atoms with van der Waals surface area (Å²) in [5.41, 5.74) is 9.53. The normalized spacial score (nSPS) is 15.2. The van der Waals surface area contributed by atoms with Crippen molar-refractivity contribution in [2.75, 3.05) is 9.80 Å². The van der Waals surface area contributed by atoms with E-state index in [1.807, 2.05) is 0 Å². The van der Waals surface area contributed by atoms with Crippen LogP contribution >= 0.6 is 11.5 Å². The van der Waals surface area contributed by atoms with Gasteiger partial charge in [-0.15, -0.1) is 0 Å². The van der Waals surface area contributed by atoms with Crippen molar-refractivity contribution >= 4 is 82.6 Å². The molecule has 7 heteroatoms. The van der Waals surface area contributed by atoms with Crippen molar-refractivity contribution in [3.8, 4) is 22.0 Å². The molecule has 0 spiro atoms. The Bertz CT molecular complexity index is 2100. The van der Waals surface area contributed by atoms with E-state index < -0.39 is 16.1 Å². The first-order valence-electron chi connectivity index (χ1n) is 16.9. The van der Waals surface area contributed by atoms with Crippen LogP contribution in [-0.4, -0.2) is 25.5 Å². The number of hydrogen-bond acceptors (Lipinski definition) is 5. The van der Waals surface area contributed by atoms with Gasteiger partial charge in [0, 0.05) is 45.3 Å². The minimum absolute atomic E-state index is 0.759. The van der Waals surface area contributed by atoms with Crippen LogP contribution in [0, 0.1) is 0 Å². The van der Waals surface area contributed by atoms with Crippen LogP contribution in [0.2, 0.25) is 26.2 Å². The third-order valence-corrected chi connectivity index (χ3v) is 18.3. The third-order valence-electron chi connectivity index (χ3n) is 10.5. The maximum absolute atomic E-state index is 5.01. The summed E-state index contributed by atoms with van der Waals surface area (Å²) < 4.78 is 4.80. The highest BCUT2D eigenvalue weighted by Crippen LogP contribution is 2.40. The summed E-state index contributed by atoms with van der Waals surface area (Å²) in [6, 6.07) is 53.2. The first kappa shape index (κ1) is 30.0. The zero-order valence-electron chi connectivity index (χ0n) is 28.1. The average molecular weight is 685 g/mol. The molecule has 2 aliphatic rings. The first-order valence-corrected chi connectivity index (χ1v) is 23.6. The van der Waals surface area contributed by atoms with Crippen LogP contribution in [0.25, 0.3) is 22.0 Å². The highest BCUT2D eigenvalue weighted by atomic mass is 32.1. The molecule has 49 heavy (non-hydrogen) atoms. The topological polar surface area (TPSA) is 32.3 Å². The zero-order valence-corrected chi connectivity index (χ0v) is 30.9. The summed E-state index contributed by atoms with van der Waals surface area (Å²) in [7, 11) is -3.62. The summed E-state index contributed by atoms with van der Waals surface area (Å²) in [6.45, 7) is 9.83. The smallest absolute Gasteiger partial charge is 0.173 e. The zero-order chi connectivity index (χ0) is 33.3. The molecular formula is C42H36N4SSi2. The molecule has 0 unspecified atom stereocenters. The fourth-order valence-corrected chi connectivity index (χ4v) is 14.5. The summed E-state index contributed by atoms with van der Waals surface area (Å²) in [5, 5.41) is 6.79. The number of rotatable bonds is 4. The van der Waals surface area contributed by atoms with Crippen LogP contribution in [0.5, 0.6) is 0 Å². The van der Waals surface area contributed by atoms with E-state index in [0.29, 0.717) is 0 Å². The number of hydrogen-bond donors (Lipinski definition) is 0. The van der Waals surface area contributed by atoms with Crippen molar-refractivity contribution in [2.45, 2.75) is 26.2 Å². The summed E-state index contributed by atoms with van der Waals surface area (Å²) >= 11 is 1.45. The van der Waals surface area contributed by atoms with E-state index in [1.165, 1.54) is 55.0 Å². The average Bonchev–Trinajstić information content (AvgIpc) is 3.63. The number of benzene rings is 6. The Hall–Kier alpha value is -5.09. The Morgan fingerprint density at radius 1 is 0.429 bits per heavy atom. The Kier molecular flexibility index (Phi) is 6.88. The first-order chi connectivity index (χ1) is 23.8. The van der Waals surface area contributed by atoms with Gasteiger partial charge >= 0.3 is 0 Å². The van der Waals surface area contributed by atoms with E-state index in [4.69, 9.17) is 9.36 Å². The quantitative estimate of drug-likeness (QED) is 0.173. The molecular weight excluding hydrogens is 649 g/mol. The van der Waals surface area contributed by atoms with E-state index >= 15 is 0 Å². The second-order valence-corrected chi connectivity index (χ2v) is 23.4. The van der Waals surface area contributed by atoms with Crippen molar-refractivity contribution in [3.63, 3.8) is 0 Å². The van der Waals surface area contributed by atoms with Gasteiger partial charge in [0.2, 0.25) is 0 Å². The van der Waals surface area contributed by atoms with Crippen LogP contribution in [0.1, 0.15) is 0 Å². The Balaban J connectivity index is 1.01. The lowest BCUT2D eigenvalue weighted by molar-refractivity contribution is 1.27. The van der Waals surface area contributed by atoms with Gasteiger partial charge in [-0.05, 0) is 105 Å². The van der Waals surface area contributed by atoms with Gasteiger partial charge in [0.15, 0.2) is 5.82 Å². The van der Waals surface area contributed by atoms with Gasteiger partial charge in [-0.3, -0.25) is 0 Å². The van der Waals surface area contributed by atoms with Crippen molar-refractivity contribution in [2.24, 2.45) is 0 Å². The molecule has 6 aromatic carbocycles. The molecule has 9 rings (SSSR count). The van der Waals surface area contributed by atoms with E-state index in [-0.39, 0.29) is 0 Å². The molecule has 0 fully saturated rings. The molecule has 0 saturated carbocycles. The number of aromatic nitrogens is 2. The fraction of sp³-hybridized carbons (Fsp3) is 0.0952. The minimum atomic E-state index is -1.81. The van der Waals surface area contributed by atoms with E-state index in [0.717, 1.165) is 33.3 Å². The van der Waals surface area contributed by atoms with Gasteiger partial charge in [-0.2, -0.15) is 4.37 Å². The summed E-state index contributed by atoms with van der Waals surface area (Å²) in [6.07, 6.45) is 0. The second kappa shape index (κ2) is 11.2. The van der Waals surface area contributed by atoms with Gasteiger partial charge in [-0.1, -0.05) is 99.0 Å². The van der Waals surface area contributed by atoms with Gasteiger partial charge in [0.1, 0.15) is 21.2 Å². The van der Waals surface area contributed by atoms with Crippen LogP contribution < -0.4 is 30.5 Å². The lowest BCUT2D eigenvalue weighted by atomic mass is 10.1. The van der Waals surface area contributed by atoms with Gasteiger partial charge < -0.3 is 9.80 Å². The molecule has 7 aromatic rings. The molecule has 4 nitrogen and oxygen atoms in total. The fourth-order valence-electron chi connectivity index (χ4n) is 7.87. The molecule has 1 aromatic heterocycles. The number of anilines is 6. The molecule has 0 atom stereocenters. The molecule has 0 N–H and O–H groups in total. The summed E-state index contributed by atoms with van der Waals surface area (Å²) in [5.74, 6) is 0.759. The molecule has 0 bridgehead atoms. The Morgan fingerprint density at radius 3 is 1.16 bits per heavy atom. The molecule has 238 valence electrons. The monoisotopic (exact) mass is 684 g/mol. The maximum Gasteiger partial charge on any atom is 0.173 e. The molecule has 0 amide bonds. The van der Waals surface area contributed by atoms with Crippen molar-refractivity contribution in [1.29, 1.82) is 0 Å². The Labute approximate surface area is 294 Å². The highest BCUT2D eigenvalue weighted by Gasteiger charge is 2.39. The molecule has 0 radical (unpaired) electrons. The molecule has 3 heterocycles. The minimum Gasteiger partial charge on any atom is -0.311 e. The summed E-state index contributed by atoms with van der Waals surface area (Å²) in [4.78, 5) is 9.84. The van der Waals surface area contributed by atoms with Crippen molar-refractivity contribution in [3.05, 3.63) is 146 Å². The number of nitrogens with zero attached hydrogens (tertiary/aromatic N) is 4. The van der Waals surface area contributed by atoms with Crippen LogP contribution in [-0.2, 0) is 0 Å². The van der Waals surface area contributed by atoms with Crippen molar-refractivity contribution in [1.82, 2.24) is 9.36 Å². The van der Waals surface area contributed by atoms with Gasteiger partial charge in [0.05, 0.1) is 0 Å². The third kappa shape index (κ3) is 4.68. The lowest BCUT2D eigenvalue weighted by Crippen LogP contribution is -2.58. The maximum atomic E-state index is 5.01. The second-order valence-electron chi connectivity index (χ2n) is 14.0. The van der Waals surface area contributed by atoms with Crippen LogP contribution in [0.3, 0.4) is 0 Å². The molecule has 0 aliphatic carbocycles. The van der Waals surface area contributed by atoms with Gasteiger partial charge in [0.25, 0.3) is 0 Å². The predicted molar refractivity (Wildman–Crippen MR) is 214 cm³/mol. The number of para-hydroxylation sites is 4. The Morgan fingerprint density at radius 2 is 0.776 bits per heavy atom. The lowest BCUT2D eigenvalue weighted by Gasteiger charge is -2.41. The highest BCUT2D eigenvalue weighted by molar-refractivity contribution is 7.09. The van der Waals surface area contributed by atoms with Crippen molar-refractivity contribution < 1.29 is 0 Å². The molecule has 2 aliphatic heterocycles. The van der Waals surface area contributed by atoms with E-state index in [2.05, 4.69) is 182 Å². The number of fused-ring (bicyclic) bond motifs is 4. The largest absolute Gasteiger partial charge is 0.311 e. The van der Waals surface area contributed by atoms with Crippen LogP contribution in [0.4, 0.5) is 34.1 Å². The standard InChI is InChI=1S/C42H36N4SSi2/c1-48(2)37-17-9-5-13-33(37)45(34-14-6-10-18-38(34)48)31-25-21-29(22-26-31)41-43-42(47-44-41)30-23-27-32(28-24-30)46-35-15-7-11-19-39(35)49(3,4)40-20-12-8-16-36(40)46/h5-28H,1-4H3. The van der Waals surface area contributed by atoms with E-state index in [1.54, 1.807) is 0 Å². The van der Waals surface area contributed by atoms with Gasteiger partial charge in [-0.25, -0.2) is 4.98 Å². The SMILES string of the molecule is C[Si]1(C)c2ccccc2N(c2ccc(-c3nsc(-c4ccc(N5c6ccccc6[Si](C)(C)c6ccccc65)cc4)n3)cc2)c2ccccc21. The predicted octanol–water partition coefficient (Wildman–Crippen LogP) is 9.08. The van der Waals surface area contributed by atoms with E-state index in [9.17, 15) is 0 Å². The van der Waals surface area contributed by atoms with Crippen LogP contribution in [0.15, 0.2) is 146 Å².